The minimum absolute atomic E-state index is 0.0946. The van der Waals surface area contributed by atoms with E-state index < -0.39 is 5.91 Å². The fraction of sp³-hybridized carbons (Fsp3) is 0.667. The van der Waals surface area contributed by atoms with E-state index in [1.807, 2.05) is 0 Å². The highest BCUT2D eigenvalue weighted by Crippen LogP contribution is 2.11. The molecule has 0 aliphatic carbocycles. The number of rotatable bonds is 0. The average molecular weight is 143 g/mol. The summed E-state index contributed by atoms with van der Waals surface area (Å²) in [5.74, 6) is -0.591. The molecular formula is C6H9NO3. The number of hydrogen-bond acceptors (Lipinski definition) is 3. The first-order valence-electron chi connectivity index (χ1n) is 3.14. The molecule has 0 bridgehead atoms. The van der Waals surface area contributed by atoms with Gasteiger partial charge < -0.3 is 0 Å². The molecule has 1 fully saturated rings. The lowest BCUT2D eigenvalue weighted by atomic mass is 10.0. The van der Waals surface area contributed by atoms with Crippen molar-refractivity contribution in [3.63, 3.8) is 0 Å². The topological polar surface area (TPSA) is 57.6 Å². The van der Waals surface area contributed by atoms with Crippen LogP contribution >= 0.6 is 0 Å². The van der Waals surface area contributed by atoms with Gasteiger partial charge in [0.25, 0.3) is 5.91 Å². The van der Waals surface area contributed by atoms with Crippen LogP contribution in [0.25, 0.3) is 0 Å². The Hall–Kier alpha value is -0.900. The highest BCUT2D eigenvalue weighted by atomic mass is 16.5. The van der Waals surface area contributed by atoms with Crippen molar-refractivity contribution in [1.29, 1.82) is 0 Å². The number of hydrogen-bond donors (Lipinski definition) is 1. The summed E-state index contributed by atoms with van der Waals surface area (Å²) in [6, 6.07) is -0.353. The number of Topliss-reactive ketones (excluding diaryl/α,β-unsaturated/α-hetero) is 1. The lowest BCUT2D eigenvalue weighted by molar-refractivity contribution is -0.181. The van der Waals surface area contributed by atoms with E-state index in [1.54, 1.807) is 6.92 Å². The van der Waals surface area contributed by atoms with E-state index in [2.05, 4.69) is 0 Å². The van der Waals surface area contributed by atoms with Crippen molar-refractivity contribution >= 4 is 11.7 Å². The zero-order valence-corrected chi connectivity index (χ0v) is 5.70. The molecule has 0 radical (unpaired) electrons. The molecule has 0 aromatic rings. The zero-order valence-electron chi connectivity index (χ0n) is 5.70. The maximum absolute atomic E-state index is 10.7. The number of carbonyl (C=O) groups excluding carboxylic acids is 2. The summed E-state index contributed by atoms with van der Waals surface area (Å²) in [6.07, 6.45) is 0.114. The van der Waals surface area contributed by atoms with Gasteiger partial charge in [-0.3, -0.25) is 14.8 Å². The molecule has 0 aromatic heterocycles. The van der Waals surface area contributed by atoms with Crippen LogP contribution in [0.3, 0.4) is 0 Å². The highest BCUT2D eigenvalue weighted by Gasteiger charge is 2.28. The summed E-state index contributed by atoms with van der Waals surface area (Å²) in [5.41, 5.74) is 0. The molecule has 0 spiro atoms. The monoisotopic (exact) mass is 143 g/mol. The van der Waals surface area contributed by atoms with Crippen molar-refractivity contribution < 1.29 is 14.8 Å². The predicted molar refractivity (Wildman–Crippen MR) is 32.3 cm³/mol. The summed E-state index contributed by atoms with van der Waals surface area (Å²) in [5, 5.41) is 9.52. The summed E-state index contributed by atoms with van der Waals surface area (Å²) in [7, 11) is 0. The van der Waals surface area contributed by atoms with Gasteiger partial charge in [0.15, 0.2) is 0 Å². The van der Waals surface area contributed by atoms with Gasteiger partial charge in [0.2, 0.25) is 0 Å². The van der Waals surface area contributed by atoms with Gasteiger partial charge >= 0.3 is 0 Å². The third-order valence-corrected chi connectivity index (χ3v) is 1.54. The largest absolute Gasteiger partial charge is 0.299 e. The van der Waals surface area contributed by atoms with Crippen LogP contribution in [0.4, 0.5) is 0 Å². The zero-order chi connectivity index (χ0) is 7.72. The van der Waals surface area contributed by atoms with Crippen molar-refractivity contribution in [3.8, 4) is 0 Å². The molecule has 1 amide bonds. The second-order valence-electron chi connectivity index (χ2n) is 2.51. The summed E-state index contributed by atoms with van der Waals surface area (Å²) in [4.78, 5) is 21.3. The second-order valence-corrected chi connectivity index (χ2v) is 2.51. The number of amides is 1. The van der Waals surface area contributed by atoms with E-state index in [-0.39, 0.29) is 24.7 Å². The van der Waals surface area contributed by atoms with Gasteiger partial charge in [-0.1, -0.05) is 0 Å². The minimum Gasteiger partial charge on any atom is -0.299 e. The molecule has 1 saturated heterocycles. The molecule has 0 aromatic carbocycles. The molecule has 0 saturated carbocycles. The van der Waals surface area contributed by atoms with Crippen LogP contribution in [0.15, 0.2) is 0 Å². The number of hydroxylamine groups is 2. The molecule has 4 heteroatoms. The van der Waals surface area contributed by atoms with Crippen LogP contribution in [0.2, 0.25) is 0 Å². The molecule has 1 aliphatic rings. The van der Waals surface area contributed by atoms with Crippen molar-refractivity contribution in [2.24, 2.45) is 0 Å². The summed E-state index contributed by atoms with van der Waals surface area (Å²) < 4.78 is 0. The molecule has 1 atom stereocenters. The number of ketones is 1. The molecule has 1 unspecified atom stereocenters. The second kappa shape index (κ2) is 2.38. The maximum atomic E-state index is 10.7. The van der Waals surface area contributed by atoms with Gasteiger partial charge in [-0.25, -0.2) is 5.06 Å². The van der Waals surface area contributed by atoms with Crippen molar-refractivity contribution in [2.75, 3.05) is 0 Å². The van der Waals surface area contributed by atoms with Crippen LogP contribution < -0.4 is 0 Å². The maximum Gasteiger partial charge on any atom is 0.253 e. The Bertz CT molecular complexity index is 178. The van der Waals surface area contributed by atoms with E-state index in [0.29, 0.717) is 5.06 Å². The first kappa shape index (κ1) is 7.21. The lowest BCUT2D eigenvalue weighted by Gasteiger charge is -2.25. The van der Waals surface area contributed by atoms with E-state index >= 15 is 0 Å². The molecule has 56 valence electrons. The molecule has 1 N–H and O–H groups in total. The standard InChI is InChI=1S/C6H9NO3/c1-4-2-5(8)3-6(9)7(4)10/h4,10H,2-3H2,1H3. The normalized spacial score (nSPS) is 27.4. The quantitative estimate of drug-likeness (QED) is 0.382. The van der Waals surface area contributed by atoms with Crippen molar-refractivity contribution in [2.45, 2.75) is 25.8 Å². The lowest BCUT2D eigenvalue weighted by Crippen LogP contribution is -2.42. The minimum atomic E-state index is -0.497. The molecule has 1 rings (SSSR count). The summed E-state index contributed by atoms with van der Waals surface area (Å²) in [6.45, 7) is 1.63. The van der Waals surface area contributed by atoms with Crippen molar-refractivity contribution in [1.82, 2.24) is 5.06 Å². The first-order chi connectivity index (χ1) is 4.61. The Morgan fingerprint density at radius 2 is 2.20 bits per heavy atom. The number of carbonyl (C=O) groups is 2. The third-order valence-electron chi connectivity index (χ3n) is 1.54. The first-order valence-corrected chi connectivity index (χ1v) is 3.14. The van der Waals surface area contributed by atoms with Crippen molar-refractivity contribution in [3.05, 3.63) is 0 Å². The van der Waals surface area contributed by atoms with Crippen LogP contribution in [-0.2, 0) is 9.59 Å². The molecular weight excluding hydrogens is 134 g/mol. The van der Waals surface area contributed by atoms with Crippen LogP contribution in [-0.4, -0.2) is 28.0 Å². The Balaban J connectivity index is 2.66. The van der Waals surface area contributed by atoms with E-state index in [4.69, 9.17) is 5.21 Å². The molecule has 10 heavy (non-hydrogen) atoms. The van der Waals surface area contributed by atoms with Gasteiger partial charge in [0, 0.05) is 6.42 Å². The average Bonchev–Trinajstić information content (AvgIpc) is 1.82. The molecule has 1 aliphatic heterocycles. The fourth-order valence-electron chi connectivity index (χ4n) is 0.984. The van der Waals surface area contributed by atoms with Gasteiger partial charge in [-0.2, -0.15) is 0 Å². The van der Waals surface area contributed by atoms with E-state index in [9.17, 15) is 9.59 Å². The van der Waals surface area contributed by atoms with E-state index in [0.717, 1.165) is 0 Å². The van der Waals surface area contributed by atoms with E-state index in [1.165, 1.54) is 0 Å². The van der Waals surface area contributed by atoms with Gasteiger partial charge in [-0.15, -0.1) is 0 Å². The van der Waals surface area contributed by atoms with Gasteiger partial charge in [-0.05, 0) is 6.92 Å². The third kappa shape index (κ3) is 1.16. The Morgan fingerprint density at radius 1 is 1.60 bits per heavy atom. The fourth-order valence-corrected chi connectivity index (χ4v) is 0.984. The summed E-state index contributed by atoms with van der Waals surface area (Å²) >= 11 is 0. The Kier molecular flexibility index (Phi) is 1.72. The highest BCUT2D eigenvalue weighted by molar-refractivity contribution is 6.00. The Morgan fingerprint density at radius 3 is 2.70 bits per heavy atom. The predicted octanol–water partition coefficient (Wildman–Crippen LogP) is -0.0444. The number of nitrogens with zero attached hydrogens (tertiary/aromatic N) is 1. The number of piperidine rings is 1. The van der Waals surface area contributed by atoms with Crippen LogP contribution in [0.5, 0.6) is 0 Å². The Labute approximate surface area is 58.4 Å². The molecule has 1 heterocycles. The molecule has 4 nitrogen and oxygen atoms in total. The van der Waals surface area contributed by atoms with Gasteiger partial charge in [0.1, 0.15) is 5.78 Å². The van der Waals surface area contributed by atoms with Gasteiger partial charge in [0.05, 0.1) is 12.5 Å². The SMILES string of the molecule is CC1CC(=O)CC(=O)N1O. The van der Waals surface area contributed by atoms with Crippen LogP contribution in [0, 0.1) is 0 Å². The van der Waals surface area contributed by atoms with Crippen LogP contribution in [0.1, 0.15) is 19.8 Å². The smallest absolute Gasteiger partial charge is 0.253 e.